The molecule has 0 aliphatic carbocycles. The van der Waals surface area contributed by atoms with E-state index in [9.17, 15) is 4.79 Å². The third kappa shape index (κ3) is 3.25. The van der Waals surface area contributed by atoms with Gasteiger partial charge in [0.25, 0.3) is 0 Å². The average molecular weight is 176 g/mol. The predicted octanol–water partition coefficient (Wildman–Crippen LogP) is 0.898. The van der Waals surface area contributed by atoms with E-state index in [0.717, 1.165) is 5.56 Å². The number of nitrogens with zero attached hydrogens (tertiary/aromatic N) is 1. The standard InChI is InChI=1S/C9H8N2O2/c1-2-13-9(12)11-7-8-4-3-5-10-6-8/h1,3-6H,7H2,(H,11,12). The molecule has 66 valence electrons. The summed E-state index contributed by atoms with van der Waals surface area (Å²) in [5.74, 6) is 0. The quantitative estimate of drug-likeness (QED) is 0.681. The molecule has 0 saturated carbocycles. The van der Waals surface area contributed by atoms with Gasteiger partial charge in [0.15, 0.2) is 0 Å². The smallest absolute Gasteiger partial charge is 0.356 e. The first kappa shape index (κ1) is 9.07. The SMILES string of the molecule is C#COC(=O)NCc1cccnc1. The molecule has 1 aromatic rings. The van der Waals surface area contributed by atoms with E-state index in [1.54, 1.807) is 24.6 Å². The molecule has 1 rings (SSSR count). The summed E-state index contributed by atoms with van der Waals surface area (Å²) in [5, 5.41) is 2.46. The Morgan fingerprint density at radius 2 is 2.62 bits per heavy atom. The lowest BCUT2D eigenvalue weighted by Gasteiger charge is -2.00. The van der Waals surface area contributed by atoms with Crippen molar-refractivity contribution in [1.29, 1.82) is 0 Å². The van der Waals surface area contributed by atoms with E-state index in [1.165, 1.54) is 0 Å². The maximum absolute atomic E-state index is 10.7. The van der Waals surface area contributed by atoms with Crippen LogP contribution in [0.25, 0.3) is 0 Å². The number of amides is 1. The van der Waals surface area contributed by atoms with Crippen molar-refractivity contribution in [2.24, 2.45) is 0 Å². The van der Waals surface area contributed by atoms with Crippen molar-refractivity contribution >= 4 is 6.09 Å². The Hall–Kier alpha value is -2.02. The number of aromatic nitrogens is 1. The van der Waals surface area contributed by atoms with Crippen LogP contribution in [-0.4, -0.2) is 11.1 Å². The first-order valence-electron chi connectivity index (χ1n) is 3.62. The highest BCUT2D eigenvalue weighted by atomic mass is 16.5. The zero-order chi connectivity index (χ0) is 9.52. The molecular weight excluding hydrogens is 168 g/mol. The van der Waals surface area contributed by atoms with Gasteiger partial charge in [-0.2, -0.15) is 0 Å². The van der Waals surface area contributed by atoms with Gasteiger partial charge in [0.2, 0.25) is 0 Å². The summed E-state index contributed by atoms with van der Waals surface area (Å²) < 4.78 is 4.22. The molecule has 0 spiro atoms. The van der Waals surface area contributed by atoms with Crippen molar-refractivity contribution in [3.63, 3.8) is 0 Å². The van der Waals surface area contributed by atoms with Crippen LogP contribution in [0.5, 0.6) is 0 Å². The molecular formula is C9H8N2O2. The highest BCUT2D eigenvalue weighted by Gasteiger charge is 1.98. The molecule has 4 heteroatoms. The highest BCUT2D eigenvalue weighted by molar-refractivity contribution is 5.68. The van der Waals surface area contributed by atoms with E-state index in [4.69, 9.17) is 6.42 Å². The zero-order valence-electron chi connectivity index (χ0n) is 6.86. The number of nitrogens with one attached hydrogen (secondary N) is 1. The number of carbonyl (C=O) groups excluding carboxylic acids is 1. The van der Waals surface area contributed by atoms with Crippen molar-refractivity contribution in [2.75, 3.05) is 0 Å². The monoisotopic (exact) mass is 176 g/mol. The Morgan fingerprint density at radius 1 is 1.77 bits per heavy atom. The summed E-state index contributed by atoms with van der Waals surface area (Å²) >= 11 is 0. The number of rotatable bonds is 2. The van der Waals surface area contributed by atoms with Gasteiger partial charge in [0.05, 0.1) is 0 Å². The fourth-order valence-corrected chi connectivity index (χ4v) is 0.767. The van der Waals surface area contributed by atoms with Crippen LogP contribution in [0.4, 0.5) is 4.79 Å². The number of hydrogen-bond donors (Lipinski definition) is 1. The van der Waals surface area contributed by atoms with E-state index in [1.807, 2.05) is 6.07 Å². The second-order valence-corrected chi connectivity index (χ2v) is 2.22. The summed E-state index contributed by atoms with van der Waals surface area (Å²) in [4.78, 5) is 14.6. The molecule has 1 N–H and O–H groups in total. The minimum Gasteiger partial charge on any atom is -0.356 e. The van der Waals surface area contributed by atoms with E-state index in [-0.39, 0.29) is 0 Å². The Labute approximate surface area is 75.9 Å². The van der Waals surface area contributed by atoms with Gasteiger partial charge in [-0.1, -0.05) is 12.5 Å². The van der Waals surface area contributed by atoms with Crippen LogP contribution in [0.2, 0.25) is 0 Å². The highest BCUT2D eigenvalue weighted by Crippen LogP contribution is 1.94. The number of ether oxygens (including phenoxy) is 1. The lowest BCUT2D eigenvalue weighted by molar-refractivity contribution is 0.191. The molecule has 0 aliphatic heterocycles. The van der Waals surface area contributed by atoms with Crippen molar-refractivity contribution in [2.45, 2.75) is 6.54 Å². The van der Waals surface area contributed by atoms with Gasteiger partial charge in [-0.3, -0.25) is 4.98 Å². The molecule has 0 fully saturated rings. The number of pyridine rings is 1. The minimum atomic E-state index is -0.633. The van der Waals surface area contributed by atoms with Crippen LogP contribution in [0.15, 0.2) is 24.5 Å². The van der Waals surface area contributed by atoms with E-state index < -0.39 is 6.09 Å². The summed E-state index contributed by atoms with van der Waals surface area (Å²) in [6.45, 7) is 0.356. The number of terminal acetylenes is 1. The number of alkyl carbamates (subject to hydrolysis) is 1. The van der Waals surface area contributed by atoms with Crippen LogP contribution >= 0.6 is 0 Å². The van der Waals surface area contributed by atoms with Crippen LogP contribution < -0.4 is 5.32 Å². The molecule has 4 nitrogen and oxygen atoms in total. The van der Waals surface area contributed by atoms with E-state index in [0.29, 0.717) is 6.54 Å². The second kappa shape index (κ2) is 4.78. The molecule has 0 aliphatic rings. The minimum absolute atomic E-state index is 0.356. The first-order chi connectivity index (χ1) is 6.33. The van der Waals surface area contributed by atoms with Gasteiger partial charge in [-0.05, 0) is 11.6 Å². The molecule has 0 atom stereocenters. The third-order valence-corrected chi connectivity index (χ3v) is 1.31. The Balaban J connectivity index is 2.36. The largest absolute Gasteiger partial charge is 0.421 e. The lowest BCUT2D eigenvalue weighted by atomic mass is 10.3. The van der Waals surface area contributed by atoms with Crippen LogP contribution in [0.1, 0.15) is 5.56 Å². The molecule has 1 aromatic heterocycles. The summed E-state index contributed by atoms with van der Waals surface area (Å²) in [5.41, 5.74) is 0.886. The van der Waals surface area contributed by atoms with E-state index in [2.05, 4.69) is 15.0 Å². The maximum atomic E-state index is 10.7. The van der Waals surface area contributed by atoms with Gasteiger partial charge in [-0.25, -0.2) is 4.79 Å². The zero-order valence-corrected chi connectivity index (χ0v) is 6.86. The normalized spacial score (nSPS) is 8.54. The van der Waals surface area contributed by atoms with Crippen molar-refractivity contribution in [3.8, 4) is 12.5 Å². The third-order valence-electron chi connectivity index (χ3n) is 1.31. The molecule has 0 aromatic carbocycles. The van der Waals surface area contributed by atoms with Crippen molar-refractivity contribution < 1.29 is 9.53 Å². The van der Waals surface area contributed by atoms with Gasteiger partial charge in [0.1, 0.15) is 6.11 Å². The Kier molecular flexibility index (Phi) is 3.33. The van der Waals surface area contributed by atoms with Crippen molar-refractivity contribution in [1.82, 2.24) is 10.3 Å². The molecule has 1 heterocycles. The lowest BCUT2D eigenvalue weighted by Crippen LogP contribution is -2.22. The Bertz CT molecular complexity index is 316. The second-order valence-electron chi connectivity index (χ2n) is 2.22. The number of carbonyl (C=O) groups is 1. The summed E-state index contributed by atoms with van der Waals surface area (Å²) in [7, 11) is 0. The van der Waals surface area contributed by atoms with Gasteiger partial charge >= 0.3 is 6.09 Å². The van der Waals surface area contributed by atoms with Crippen LogP contribution in [0, 0.1) is 12.5 Å². The van der Waals surface area contributed by atoms with Gasteiger partial charge < -0.3 is 10.1 Å². The molecule has 0 saturated heterocycles. The van der Waals surface area contributed by atoms with Gasteiger partial charge in [-0.15, -0.1) is 0 Å². The molecule has 0 radical (unpaired) electrons. The van der Waals surface area contributed by atoms with Gasteiger partial charge in [0, 0.05) is 18.9 Å². The fraction of sp³-hybridized carbons (Fsp3) is 0.111. The Morgan fingerprint density at radius 3 is 3.23 bits per heavy atom. The molecule has 13 heavy (non-hydrogen) atoms. The summed E-state index contributed by atoms with van der Waals surface area (Å²) in [6, 6.07) is 3.62. The van der Waals surface area contributed by atoms with Crippen molar-refractivity contribution in [3.05, 3.63) is 30.1 Å². The van der Waals surface area contributed by atoms with Crippen LogP contribution in [0.3, 0.4) is 0 Å². The topological polar surface area (TPSA) is 51.2 Å². The fourth-order valence-electron chi connectivity index (χ4n) is 0.767. The summed E-state index contributed by atoms with van der Waals surface area (Å²) in [6.07, 6.45) is 9.20. The maximum Gasteiger partial charge on any atom is 0.421 e. The van der Waals surface area contributed by atoms with E-state index >= 15 is 0 Å². The molecule has 0 bridgehead atoms. The molecule has 0 unspecified atom stereocenters. The predicted molar refractivity (Wildman–Crippen MR) is 46.4 cm³/mol. The van der Waals surface area contributed by atoms with Crippen LogP contribution in [-0.2, 0) is 11.3 Å². The average Bonchev–Trinajstić information content (AvgIpc) is 2.17. The first-order valence-corrected chi connectivity index (χ1v) is 3.62. The molecule has 1 amide bonds. The number of hydrogen-bond acceptors (Lipinski definition) is 3.